The van der Waals surface area contributed by atoms with Crippen molar-refractivity contribution in [2.45, 2.75) is 32.9 Å². The standard InChI is InChI=1S/C20H20ClN3O3/c1-3-18(14-6-4-13(2)5-7-14)23-20(25)19-9-17(27-24-19)12-26-16-8-15(21)10-22-11-16/h4-11,18H,3,12H2,1-2H3,(H,23,25)/t18-/m1/s1. The van der Waals surface area contributed by atoms with E-state index in [4.69, 9.17) is 20.9 Å². The van der Waals surface area contributed by atoms with Gasteiger partial charge in [-0.2, -0.15) is 0 Å². The predicted octanol–water partition coefficient (Wildman–Crippen LogP) is 4.49. The zero-order valence-corrected chi connectivity index (χ0v) is 15.9. The monoisotopic (exact) mass is 385 g/mol. The van der Waals surface area contributed by atoms with E-state index in [9.17, 15) is 4.79 Å². The number of benzene rings is 1. The van der Waals surface area contributed by atoms with E-state index in [0.29, 0.717) is 16.5 Å². The van der Waals surface area contributed by atoms with Crippen molar-refractivity contribution in [3.05, 3.63) is 76.4 Å². The molecule has 0 saturated heterocycles. The Morgan fingerprint density at radius 1 is 1.26 bits per heavy atom. The first-order valence-electron chi connectivity index (χ1n) is 8.61. The molecule has 1 aromatic carbocycles. The van der Waals surface area contributed by atoms with Gasteiger partial charge in [-0.1, -0.05) is 53.5 Å². The van der Waals surface area contributed by atoms with E-state index in [1.807, 2.05) is 38.1 Å². The molecule has 1 N–H and O–H groups in total. The summed E-state index contributed by atoms with van der Waals surface area (Å²) in [5.74, 6) is 0.653. The second kappa shape index (κ2) is 8.68. The summed E-state index contributed by atoms with van der Waals surface area (Å²) >= 11 is 5.86. The van der Waals surface area contributed by atoms with Crippen LogP contribution in [0.1, 0.15) is 46.8 Å². The lowest BCUT2D eigenvalue weighted by Crippen LogP contribution is -2.28. The van der Waals surface area contributed by atoms with Gasteiger partial charge < -0.3 is 14.6 Å². The van der Waals surface area contributed by atoms with Crippen LogP contribution < -0.4 is 10.1 Å². The molecule has 3 rings (SSSR count). The second-order valence-corrected chi connectivity index (χ2v) is 6.59. The third kappa shape index (κ3) is 5.08. The predicted molar refractivity (Wildman–Crippen MR) is 102 cm³/mol. The first-order valence-corrected chi connectivity index (χ1v) is 8.99. The molecule has 1 amide bonds. The van der Waals surface area contributed by atoms with Crippen LogP contribution >= 0.6 is 11.6 Å². The van der Waals surface area contributed by atoms with Crippen LogP contribution in [0.25, 0.3) is 0 Å². The largest absolute Gasteiger partial charge is 0.484 e. The highest BCUT2D eigenvalue weighted by atomic mass is 35.5. The van der Waals surface area contributed by atoms with Crippen LogP contribution in [-0.4, -0.2) is 16.0 Å². The van der Waals surface area contributed by atoms with Crippen molar-refractivity contribution in [1.82, 2.24) is 15.5 Å². The zero-order chi connectivity index (χ0) is 19.2. The summed E-state index contributed by atoms with van der Waals surface area (Å²) in [5.41, 5.74) is 2.44. The molecule has 0 aliphatic rings. The Morgan fingerprint density at radius 3 is 2.74 bits per heavy atom. The van der Waals surface area contributed by atoms with Crippen LogP contribution in [0.15, 0.2) is 53.3 Å². The van der Waals surface area contributed by atoms with Crippen LogP contribution in [0.4, 0.5) is 0 Å². The lowest BCUT2D eigenvalue weighted by molar-refractivity contribution is 0.0926. The van der Waals surface area contributed by atoms with Crippen molar-refractivity contribution >= 4 is 17.5 Å². The van der Waals surface area contributed by atoms with Crippen LogP contribution in [-0.2, 0) is 6.61 Å². The Bertz CT molecular complexity index is 909. The number of hydrogen-bond donors (Lipinski definition) is 1. The van der Waals surface area contributed by atoms with E-state index in [1.165, 1.54) is 11.8 Å². The van der Waals surface area contributed by atoms with Gasteiger partial charge in [-0.15, -0.1) is 0 Å². The summed E-state index contributed by atoms with van der Waals surface area (Å²) in [6.45, 7) is 4.17. The molecule has 0 spiro atoms. The molecule has 0 fully saturated rings. The summed E-state index contributed by atoms with van der Waals surface area (Å²) in [5, 5.41) is 7.29. The smallest absolute Gasteiger partial charge is 0.273 e. The van der Waals surface area contributed by atoms with Crippen molar-refractivity contribution in [2.24, 2.45) is 0 Å². The minimum absolute atomic E-state index is 0.0907. The number of rotatable bonds is 7. The third-order valence-electron chi connectivity index (χ3n) is 4.05. The third-order valence-corrected chi connectivity index (χ3v) is 4.25. The number of halogens is 1. The van der Waals surface area contributed by atoms with Gasteiger partial charge in [-0.25, -0.2) is 0 Å². The number of aryl methyl sites for hydroxylation is 1. The van der Waals surface area contributed by atoms with Crippen LogP contribution in [0.5, 0.6) is 5.75 Å². The Balaban J connectivity index is 1.61. The molecule has 6 nitrogen and oxygen atoms in total. The van der Waals surface area contributed by atoms with Gasteiger partial charge in [0.1, 0.15) is 12.4 Å². The molecule has 140 valence electrons. The summed E-state index contributed by atoms with van der Waals surface area (Å²) in [4.78, 5) is 16.4. The zero-order valence-electron chi connectivity index (χ0n) is 15.1. The average molecular weight is 386 g/mol. The molecule has 0 aliphatic heterocycles. The number of hydrogen-bond acceptors (Lipinski definition) is 5. The number of aromatic nitrogens is 2. The SMILES string of the molecule is CC[C@@H](NC(=O)c1cc(COc2cncc(Cl)c2)on1)c1ccc(C)cc1. The van der Waals surface area contributed by atoms with Crippen molar-refractivity contribution in [3.63, 3.8) is 0 Å². The van der Waals surface area contributed by atoms with Gasteiger partial charge in [0.2, 0.25) is 0 Å². The van der Waals surface area contributed by atoms with E-state index in [-0.39, 0.29) is 24.2 Å². The van der Waals surface area contributed by atoms with Crippen LogP contribution in [0, 0.1) is 6.92 Å². The van der Waals surface area contributed by atoms with Gasteiger partial charge in [0.05, 0.1) is 17.3 Å². The van der Waals surface area contributed by atoms with Gasteiger partial charge in [-0.05, 0) is 18.9 Å². The number of pyridine rings is 1. The number of ether oxygens (including phenoxy) is 1. The van der Waals surface area contributed by atoms with E-state index < -0.39 is 0 Å². The quantitative estimate of drug-likeness (QED) is 0.648. The van der Waals surface area contributed by atoms with Gasteiger partial charge in [0, 0.05) is 18.3 Å². The molecule has 2 aromatic heterocycles. The Kier molecular flexibility index (Phi) is 6.08. The molecule has 0 unspecified atom stereocenters. The Labute approximate surface area is 162 Å². The molecule has 0 radical (unpaired) electrons. The van der Waals surface area contributed by atoms with Crippen molar-refractivity contribution < 1.29 is 14.1 Å². The maximum atomic E-state index is 12.5. The highest BCUT2D eigenvalue weighted by Crippen LogP contribution is 2.19. The van der Waals surface area contributed by atoms with Crippen molar-refractivity contribution in [1.29, 1.82) is 0 Å². The van der Waals surface area contributed by atoms with Crippen molar-refractivity contribution in [3.8, 4) is 5.75 Å². The lowest BCUT2D eigenvalue weighted by Gasteiger charge is -2.16. The van der Waals surface area contributed by atoms with Crippen LogP contribution in [0.2, 0.25) is 5.02 Å². The molecule has 2 heterocycles. The number of carbonyl (C=O) groups is 1. The summed E-state index contributed by atoms with van der Waals surface area (Å²) in [7, 11) is 0. The fraction of sp³-hybridized carbons (Fsp3) is 0.250. The Hall–Kier alpha value is -2.86. The van der Waals surface area contributed by atoms with Gasteiger partial charge in [0.25, 0.3) is 5.91 Å². The molecule has 0 bridgehead atoms. The minimum atomic E-state index is -0.290. The van der Waals surface area contributed by atoms with Gasteiger partial charge >= 0.3 is 0 Å². The normalized spacial score (nSPS) is 11.8. The number of nitrogens with one attached hydrogen (secondary N) is 1. The average Bonchev–Trinajstić information content (AvgIpc) is 3.14. The molecular weight excluding hydrogens is 366 g/mol. The molecule has 3 aromatic rings. The maximum absolute atomic E-state index is 12.5. The minimum Gasteiger partial charge on any atom is -0.484 e. The fourth-order valence-electron chi connectivity index (χ4n) is 2.57. The number of nitrogens with zero attached hydrogens (tertiary/aromatic N) is 2. The highest BCUT2D eigenvalue weighted by molar-refractivity contribution is 6.30. The summed E-state index contributed by atoms with van der Waals surface area (Å²) < 4.78 is 10.7. The fourth-order valence-corrected chi connectivity index (χ4v) is 2.73. The topological polar surface area (TPSA) is 77.2 Å². The molecule has 1 atom stereocenters. The number of carbonyl (C=O) groups excluding carboxylic acids is 1. The first kappa shape index (κ1) is 18.9. The van der Waals surface area contributed by atoms with Crippen molar-refractivity contribution in [2.75, 3.05) is 0 Å². The van der Waals surface area contributed by atoms with E-state index in [1.54, 1.807) is 18.3 Å². The maximum Gasteiger partial charge on any atom is 0.273 e. The summed E-state index contributed by atoms with van der Waals surface area (Å²) in [6.07, 6.45) is 3.83. The second-order valence-electron chi connectivity index (χ2n) is 6.15. The summed E-state index contributed by atoms with van der Waals surface area (Å²) in [6, 6.07) is 11.2. The lowest BCUT2D eigenvalue weighted by atomic mass is 10.0. The van der Waals surface area contributed by atoms with E-state index >= 15 is 0 Å². The molecule has 27 heavy (non-hydrogen) atoms. The number of amides is 1. The molecular formula is C20H20ClN3O3. The molecule has 0 aliphatic carbocycles. The van der Waals surface area contributed by atoms with Crippen LogP contribution in [0.3, 0.4) is 0 Å². The molecule has 7 heteroatoms. The Morgan fingerprint density at radius 2 is 2.04 bits per heavy atom. The molecule has 0 saturated carbocycles. The highest BCUT2D eigenvalue weighted by Gasteiger charge is 2.18. The van der Waals surface area contributed by atoms with Gasteiger partial charge in [0.15, 0.2) is 11.5 Å². The van der Waals surface area contributed by atoms with E-state index in [0.717, 1.165) is 12.0 Å². The van der Waals surface area contributed by atoms with E-state index in [2.05, 4.69) is 15.5 Å². The van der Waals surface area contributed by atoms with Gasteiger partial charge in [-0.3, -0.25) is 9.78 Å². The first-order chi connectivity index (χ1) is 13.0.